The van der Waals surface area contributed by atoms with E-state index in [0.717, 1.165) is 5.69 Å². The molecule has 0 aliphatic carbocycles. The van der Waals surface area contributed by atoms with E-state index < -0.39 is 0 Å². The Balaban J connectivity index is 0.00000144. The summed E-state index contributed by atoms with van der Waals surface area (Å²) in [7, 11) is 0. The molecule has 0 unspecified atom stereocenters. The fraction of sp³-hybridized carbons (Fsp3) is 0.300. The summed E-state index contributed by atoms with van der Waals surface area (Å²) in [5.41, 5.74) is 1.07. The molecule has 0 aromatic carbocycles. The van der Waals surface area contributed by atoms with Crippen molar-refractivity contribution in [3.8, 4) is 12.3 Å². The number of hydrogen-bond donors (Lipinski definition) is 1. The van der Waals surface area contributed by atoms with Gasteiger partial charge in [-0.3, -0.25) is 0 Å². The van der Waals surface area contributed by atoms with Crippen molar-refractivity contribution in [3.05, 3.63) is 30.1 Å². The standard InChI is InChI=1S/C10H12NO.BrH/c1-2-7-11-8-4-3-5-10(11)6-9-12;/h1,3-5,8,12H,6-7,9H2;1H/q+1;/p-1. The molecule has 13 heavy (non-hydrogen) atoms. The van der Waals surface area contributed by atoms with Gasteiger partial charge in [0.05, 0.1) is 13.0 Å². The number of halogens is 1. The smallest absolute Gasteiger partial charge is 0.209 e. The Kier molecular flexibility index (Phi) is 6.21. The molecule has 0 fully saturated rings. The molecule has 1 heterocycles. The van der Waals surface area contributed by atoms with Crippen molar-refractivity contribution in [2.75, 3.05) is 6.61 Å². The highest BCUT2D eigenvalue weighted by Gasteiger charge is 2.05. The lowest BCUT2D eigenvalue weighted by Gasteiger charge is -1.97. The molecule has 0 saturated heterocycles. The fourth-order valence-corrected chi connectivity index (χ4v) is 1.11. The van der Waals surface area contributed by atoms with E-state index >= 15 is 0 Å². The molecule has 1 aromatic heterocycles. The summed E-state index contributed by atoms with van der Waals surface area (Å²) in [5, 5.41) is 8.75. The van der Waals surface area contributed by atoms with Crippen LogP contribution in [-0.2, 0) is 13.0 Å². The van der Waals surface area contributed by atoms with Crippen LogP contribution in [0.5, 0.6) is 0 Å². The Morgan fingerprint density at radius 3 is 2.85 bits per heavy atom. The maximum Gasteiger partial charge on any atom is 0.209 e. The molecule has 1 rings (SSSR count). The van der Waals surface area contributed by atoms with Crippen LogP contribution in [0.4, 0.5) is 0 Å². The molecular weight excluding hydrogens is 230 g/mol. The molecule has 2 nitrogen and oxygen atoms in total. The lowest BCUT2D eigenvalue weighted by molar-refractivity contribution is -0.692. The van der Waals surface area contributed by atoms with Gasteiger partial charge in [0.2, 0.25) is 6.54 Å². The van der Waals surface area contributed by atoms with Crippen LogP contribution in [-0.4, -0.2) is 11.7 Å². The number of pyridine rings is 1. The van der Waals surface area contributed by atoms with Crippen LogP contribution in [0.25, 0.3) is 0 Å². The molecule has 0 bridgehead atoms. The average molecular weight is 242 g/mol. The first-order chi connectivity index (χ1) is 5.88. The van der Waals surface area contributed by atoms with Crippen LogP contribution in [0.2, 0.25) is 0 Å². The van der Waals surface area contributed by atoms with Crippen molar-refractivity contribution >= 4 is 0 Å². The van der Waals surface area contributed by atoms with E-state index in [0.29, 0.717) is 13.0 Å². The van der Waals surface area contributed by atoms with Gasteiger partial charge in [0.1, 0.15) is 0 Å². The van der Waals surface area contributed by atoms with Crippen molar-refractivity contribution in [1.82, 2.24) is 0 Å². The van der Waals surface area contributed by atoms with Gasteiger partial charge in [-0.15, -0.1) is 6.42 Å². The summed E-state index contributed by atoms with van der Waals surface area (Å²) >= 11 is 0. The van der Waals surface area contributed by atoms with E-state index in [1.54, 1.807) is 0 Å². The van der Waals surface area contributed by atoms with Gasteiger partial charge in [0, 0.05) is 12.1 Å². The van der Waals surface area contributed by atoms with Gasteiger partial charge < -0.3 is 22.1 Å². The highest BCUT2D eigenvalue weighted by molar-refractivity contribution is 4.98. The Morgan fingerprint density at radius 1 is 1.46 bits per heavy atom. The molecule has 0 spiro atoms. The van der Waals surface area contributed by atoms with Gasteiger partial charge in [0.25, 0.3) is 0 Å². The lowest BCUT2D eigenvalue weighted by atomic mass is 10.2. The van der Waals surface area contributed by atoms with Crippen molar-refractivity contribution in [2.24, 2.45) is 0 Å². The average Bonchev–Trinajstić information content (AvgIpc) is 2.09. The van der Waals surface area contributed by atoms with Crippen molar-refractivity contribution in [2.45, 2.75) is 13.0 Å². The van der Waals surface area contributed by atoms with Crippen molar-refractivity contribution in [3.63, 3.8) is 0 Å². The third kappa shape index (κ3) is 3.58. The molecule has 3 heteroatoms. The zero-order valence-corrected chi connectivity index (χ0v) is 8.87. The predicted octanol–water partition coefficient (Wildman–Crippen LogP) is -2.85. The van der Waals surface area contributed by atoms with Crippen LogP contribution >= 0.6 is 0 Å². The minimum absolute atomic E-state index is 0. The summed E-state index contributed by atoms with van der Waals surface area (Å²) < 4.78 is 1.95. The first-order valence-corrected chi connectivity index (χ1v) is 3.90. The Bertz CT molecular complexity index is 293. The van der Waals surface area contributed by atoms with E-state index in [9.17, 15) is 0 Å². The molecule has 0 atom stereocenters. The number of aromatic nitrogens is 1. The van der Waals surface area contributed by atoms with Crippen LogP contribution < -0.4 is 21.5 Å². The van der Waals surface area contributed by atoms with E-state index in [2.05, 4.69) is 5.92 Å². The Hall–Kier alpha value is -0.850. The molecule has 1 N–H and O–H groups in total. The second-order valence-electron chi connectivity index (χ2n) is 2.50. The van der Waals surface area contributed by atoms with Gasteiger partial charge in [-0.1, -0.05) is 6.07 Å². The third-order valence-corrected chi connectivity index (χ3v) is 1.66. The van der Waals surface area contributed by atoms with Crippen molar-refractivity contribution < 1.29 is 26.7 Å². The maximum atomic E-state index is 8.75. The molecule has 70 valence electrons. The summed E-state index contributed by atoms with van der Waals surface area (Å²) in [6, 6.07) is 5.84. The normalized spacial score (nSPS) is 8.62. The molecule has 0 aliphatic rings. The summed E-state index contributed by atoms with van der Waals surface area (Å²) in [6.07, 6.45) is 7.77. The summed E-state index contributed by atoms with van der Waals surface area (Å²) in [6.45, 7) is 0.727. The second-order valence-corrected chi connectivity index (χ2v) is 2.50. The Labute approximate surface area is 89.0 Å². The molecule has 1 aromatic rings. The largest absolute Gasteiger partial charge is 1.00 e. The number of terminal acetylenes is 1. The SMILES string of the molecule is C#CC[n+]1ccccc1CCO.[Br-]. The monoisotopic (exact) mass is 241 g/mol. The molecule has 0 aliphatic heterocycles. The minimum atomic E-state index is 0. The summed E-state index contributed by atoms with van der Waals surface area (Å²) in [5.74, 6) is 2.56. The van der Waals surface area contributed by atoms with E-state index in [1.807, 2.05) is 29.0 Å². The first-order valence-electron chi connectivity index (χ1n) is 3.90. The quantitative estimate of drug-likeness (QED) is 0.447. The van der Waals surface area contributed by atoms with Gasteiger partial charge >= 0.3 is 0 Å². The number of aliphatic hydroxyl groups excluding tert-OH is 1. The van der Waals surface area contributed by atoms with E-state index in [1.165, 1.54) is 0 Å². The number of aliphatic hydroxyl groups is 1. The maximum absolute atomic E-state index is 8.75. The van der Waals surface area contributed by atoms with E-state index in [4.69, 9.17) is 11.5 Å². The Morgan fingerprint density at radius 2 is 2.23 bits per heavy atom. The van der Waals surface area contributed by atoms with Crippen LogP contribution in [0.3, 0.4) is 0 Å². The first kappa shape index (κ1) is 12.2. The van der Waals surface area contributed by atoms with Gasteiger partial charge in [-0.2, -0.15) is 4.57 Å². The highest BCUT2D eigenvalue weighted by Crippen LogP contribution is 1.91. The molecular formula is C10H12BrNO. The predicted molar refractivity (Wildman–Crippen MR) is 46.3 cm³/mol. The topological polar surface area (TPSA) is 24.1 Å². The highest BCUT2D eigenvalue weighted by atomic mass is 79.9. The zero-order chi connectivity index (χ0) is 8.81. The van der Waals surface area contributed by atoms with Gasteiger partial charge in [-0.05, 0) is 5.92 Å². The van der Waals surface area contributed by atoms with Gasteiger partial charge in [0.15, 0.2) is 11.9 Å². The third-order valence-electron chi connectivity index (χ3n) is 1.66. The molecule has 0 radical (unpaired) electrons. The van der Waals surface area contributed by atoms with Crippen molar-refractivity contribution in [1.29, 1.82) is 0 Å². The lowest BCUT2D eigenvalue weighted by Crippen LogP contribution is -3.00. The fourth-order valence-electron chi connectivity index (χ4n) is 1.11. The zero-order valence-electron chi connectivity index (χ0n) is 7.28. The number of rotatable bonds is 3. The van der Waals surface area contributed by atoms with Gasteiger partial charge in [-0.25, -0.2) is 0 Å². The molecule has 0 saturated carbocycles. The minimum Gasteiger partial charge on any atom is -1.00 e. The second kappa shape index (κ2) is 6.64. The van der Waals surface area contributed by atoms with E-state index in [-0.39, 0.29) is 23.6 Å². The molecule has 0 amide bonds. The summed E-state index contributed by atoms with van der Waals surface area (Å²) in [4.78, 5) is 0. The van der Waals surface area contributed by atoms with Crippen LogP contribution in [0.15, 0.2) is 24.4 Å². The van der Waals surface area contributed by atoms with Crippen LogP contribution in [0.1, 0.15) is 5.69 Å². The number of nitrogens with zero attached hydrogens (tertiary/aromatic N) is 1. The van der Waals surface area contributed by atoms with Crippen LogP contribution in [0, 0.1) is 12.3 Å². The number of hydrogen-bond acceptors (Lipinski definition) is 1.